The predicted molar refractivity (Wildman–Crippen MR) is 104 cm³/mol. The second-order valence-corrected chi connectivity index (χ2v) is 6.07. The Bertz CT molecular complexity index is 1190. The molecule has 0 aliphatic carbocycles. The van der Waals surface area contributed by atoms with Crippen molar-refractivity contribution in [3.63, 3.8) is 0 Å². The number of nitrogens with one attached hydrogen (secondary N) is 2. The van der Waals surface area contributed by atoms with Crippen LogP contribution in [0.25, 0.3) is 22.2 Å². The smallest absolute Gasteiger partial charge is 0.259 e. The third-order valence-corrected chi connectivity index (χ3v) is 4.12. The van der Waals surface area contributed by atoms with Gasteiger partial charge in [-0.15, -0.1) is 0 Å². The maximum absolute atomic E-state index is 12.4. The number of ether oxygens (including phenoxy) is 1. The van der Waals surface area contributed by atoms with Crippen molar-refractivity contribution in [1.29, 1.82) is 0 Å². The van der Waals surface area contributed by atoms with Crippen LogP contribution in [0, 0.1) is 6.92 Å². The highest BCUT2D eigenvalue weighted by Gasteiger charge is 2.13. The molecule has 0 saturated carbocycles. The Morgan fingerprint density at radius 2 is 1.96 bits per heavy atom. The Labute approximate surface area is 155 Å². The molecular formula is C20H17N5O2. The summed E-state index contributed by atoms with van der Waals surface area (Å²) in [5.74, 6) is 0.855. The average Bonchev–Trinajstić information content (AvgIpc) is 2.68. The summed E-state index contributed by atoms with van der Waals surface area (Å²) in [6.45, 7) is 2.01. The summed E-state index contributed by atoms with van der Waals surface area (Å²) in [5.41, 5.74) is 2.89. The molecule has 0 spiro atoms. The number of H-pyrrole nitrogens is 1. The minimum atomic E-state index is -0.210. The Kier molecular flexibility index (Phi) is 4.25. The number of aromatic amines is 1. The van der Waals surface area contributed by atoms with Crippen molar-refractivity contribution in [3.05, 3.63) is 70.9 Å². The zero-order chi connectivity index (χ0) is 18.8. The van der Waals surface area contributed by atoms with Crippen LogP contribution in [-0.4, -0.2) is 27.0 Å². The lowest BCUT2D eigenvalue weighted by Crippen LogP contribution is -2.09. The lowest BCUT2D eigenvalue weighted by atomic mass is 10.1. The van der Waals surface area contributed by atoms with Gasteiger partial charge in [0.25, 0.3) is 5.56 Å². The van der Waals surface area contributed by atoms with Crippen LogP contribution in [0.5, 0.6) is 5.88 Å². The first kappa shape index (κ1) is 16.7. The molecule has 2 N–H and O–H groups in total. The van der Waals surface area contributed by atoms with E-state index in [2.05, 4.69) is 25.3 Å². The molecule has 0 unspecified atom stereocenters. The molecule has 0 aliphatic rings. The number of hydrogen-bond donors (Lipinski definition) is 2. The first-order valence-electron chi connectivity index (χ1n) is 8.36. The number of rotatable bonds is 4. The Hall–Kier alpha value is -3.74. The molecule has 3 aromatic heterocycles. The van der Waals surface area contributed by atoms with Gasteiger partial charge in [-0.05, 0) is 42.1 Å². The van der Waals surface area contributed by atoms with E-state index in [-0.39, 0.29) is 5.56 Å². The number of pyridine rings is 2. The quantitative estimate of drug-likeness (QED) is 0.580. The standard InChI is InChI=1S/C20H17N5O2/c1-12-4-3-5-14(8-12)23-19-18-13(6-7-22-20(18)26)9-15(25-19)16-10-21-11-17(24-16)27-2/h3-11H,1-2H3,(H,22,26)(H,23,25). The molecule has 27 heavy (non-hydrogen) atoms. The summed E-state index contributed by atoms with van der Waals surface area (Å²) in [5, 5.41) is 4.49. The van der Waals surface area contributed by atoms with Crippen LogP contribution in [0.3, 0.4) is 0 Å². The molecule has 0 saturated heterocycles. The van der Waals surface area contributed by atoms with Crippen molar-refractivity contribution >= 4 is 22.3 Å². The third kappa shape index (κ3) is 3.35. The molecule has 0 atom stereocenters. The zero-order valence-corrected chi connectivity index (χ0v) is 14.9. The van der Waals surface area contributed by atoms with E-state index in [0.717, 1.165) is 16.6 Å². The molecule has 3 heterocycles. The SMILES string of the molecule is COc1cncc(-c2cc3cc[nH]c(=O)c3c(Nc3cccc(C)c3)n2)n1. The van der Waals surface area contributed by atoms with Gasteiger partial charge in [-0.25, -0.2) is 9.97 Å². The van der Waals surface area contributed by atoms with Gasteiger partial charge in [-0.3, -0.25) is 9.78 Å². The Morgan fingerprint density at radius 1 is 1.07 bits per heavy atom. The van der Waals surface area contributed by atoms with Gasteiger partial charge in [0.2, 0.25) is 5.88 Å². The fourth-order valence-electron chi connectivity index (χ4n) is 2.87. The highest BCUT2D eigenvalue weighted by atomic mass is 16.5. The molecule has 0 radical (unpaired) electrons. The van der Waals surface area contributed by atoms with Crippen LogP contribution < -0.4 is 15.6 Å². The van der Waals surface area contributed by atoms with Gasteiger partial charge < -0.3 is 15.0 Å². The van der Waals surface area contributed by atoms with E-state index in [1.165, 1.54) is 13.3 Å². The van der Waals surface area contributed by atoms with E-state index >= 15 is 0 Å². The molecular weight excluding hydrogens is 342 g/mol. The number of aromatic nitrogens is 4. The van der Waals surface area contributed by atoms with E-state index in [4.69, 9.17) is 4.74 Å². The van der Waals surface area contributed by atoms with Crippen LogP contribution >= 0.6 is 0 Å². The number of hydrogen-bond acceptors (Lipinski definition) is 6. The number of benzene rings is 1. The van der Waals surface area contributed by atoms with Gasteiger partial charge in [-0.1, -0.05) is 12.1 Å². The Balaban J connectivity index is 1.91. The number of nitrogens with zero attached hydrogens (tertiary/aromatic N) is 3. The van der Waals surface area contributed by atoms with Crippen molar-refractivity contribution < 1.29 is 4.74 Å². The zero-order valence-electron chi connectivity index (χ0n) is 14.9. The number of anilines is 2. The molecule has 1 aromatic carbocycles. The minimum absolute atomic E-state index is 0.210. The predicted octanol–water partition coefficient (Wildman–Crippen LogP) is 3.44. The molecule has 7 heteroatoms. The van der Waals surface area contributed by atoms with Crippen LogP contribution in [0.2, 0.25) is 0 Å². The van der Waals surface area contributed by atoms with Crippen molar-refractivity contribution in [2.45, 2.75) is 6.92 Å². The molecule has 0 fully saturated rings. The van der Waals surface area contributed by atoms with Gasteiger partial charge in [0, 0.05) is 11.9 Å². The van der Waals surface area contributed by atoms with Gasteiger partial charge in [-0.2, -0.15) is 0 Å². The number of fused-ring (bicyclic) bond motifs is 1. The highest BCUT2D eigenvalue weighted by Crippen LogP contribution is 2.27. The number of methoxy groups -OCH3 is 1. The monoisotopic (exact) mass is 359 g/mol. The first-order valence-corrected chi connectivity index (χ1v) is 8.36. The average molecular weight is 359 g/mol. The van der Waals surface area contributed by atoms with E-state index in [1.54, 1.807) is 12.4 Å². The maximum Gasteiger partial charge on any atom is 0.259 e. The fourth-order valence-corrected chi connectivity index (χ4v) is 2.87. The van der Waals surface area contributed by atoms with Crippen molar-refractivity contribution in [3.8, 4) is 17.3 Å². The summed E-state index contributed by atoms with van der Waals surface area (Å²) in [4.78, 5) is 28.3. The second-order valence-electron chi connectivity index (χ2n) is 6.07. The second kappa shape index (κ2) is 6.87. The highest BCUT2D eigenvalue weighted by molar-refractivity contribution is 5.94. The van der Waals surface area contributed by atoms with Gasteiger partial charge in [0.05, 0.1) is 30.6 Å². The lowest BCUT2D eigenvalue weighted by Gasteiger charge is -2.11. The topological polar surface area (TPSA) is 92.8 Å². The summed E-state index contributed by atoms with van der Waals surface area (Å²) in [7, 11) is 1.53. The van der Waals surface area contributed by atoms with Crippen molar-refractivity contribution in [2.24, 2.45) is 0 Å². The molecule has 4 aromatic rings. The maximum atomic E-state index is 12.4. The fraction of sp³-hybridized carbons (Fsp3) is 0.100. The third-order valence-electron chi connectivity index (χ3n) is 4.12. The van der Waals surface area contributed by atoms with Crippen molar-refractivity contribution in [2.75, 3.05) is 12.4 Å². The van der Waals surface area contributed by atoms with Gasteiger partial charge >= 0.3 is 0 Å². The molecule has 0 bridgehead atoms. The lowest BCUT2D eigenvalue weighted by molar-refractivity contribution is 0.396. The molecule has 0 amide bonds. The molecule has 7 nitrogen and oxygen atoms in total. The van der Waals surface area contributed by atoms with Gasteiger partial charge in [0.15, 0.2) is 0 Å². The summed E-state index contributed by atoms with van der Waals surface area (Å²) < 4.78 is 5.15. The van der Waals surface area contributed by atoms with E-state index in [0.29, 0.717) is 28.5 Å². The largest absolute Gasteiger partial charge is 0.480 e. The van der Waals surface area contributed by atoms with E-state index in [1.807, 2.05) is 43.3 Å². The van der Waals surface area contributed by atoms with Crippen LogP contribution in [0.4, 0.5) is 11.5 Å². The Morgan fingerprint density at radius 3 is 2.78 bits per heavy atom. The summed E-state index contributed by atoms with van der Waals surface area (Å²) >= 11 is 0. The van der Waals surface area contributed by atoms with E-state index < -0.39 is 0 Å². The minimum Gasteiger partial charge on any atom is -0.480 e. The molecule has 4 rings (SSSR count). The van der Waals surface area contributed by atoms with Gasteiger partial charge in [0.1, 0.15) is 11.5 Å². The normalized spacial score (nSPS) is 10.7. The van der Waals surface area contributed by atoms with E-state index in [9.17, 15) is 4.79 Å². The van der Waals surface area contributed by atoms with Crippen molar-refractivity contribution in [1.82, 2.24) is 19.9 Å². The molecule has 134 valence electrons. The van der Waals surface area contributed by atoms with Crippen LogP contribution in [-0.2, 0) is 0 Å². The van der Waals surface area contributed by atoms with Crippen LogP contribution in [0.15, 0.2) is 59.8 Å². The summed E-state index contributed by atoms with van der Waals surface area (Å²) in [6.07, 6.45) is 4.75. The summed E-state index contributed by atoms with van der Waals surface area (Å²) in [6, 6.07) is 11.5. The first-order chi connectivity index (χ1) is 13.1. The van der Waals surface area contributed by atoms with Crippen LogP contribution in [0.1, 0.15) is 5.56 Å². The number of aryl methyl sites for hydroxylation is 1. The molecule has 0 aliphatic heterocycles.